The standard InChI is InChI=1S/C15H20N4OS/c1-11-13(9-18(2)17-11)7-16-8-15(20)19-5-3-14-12(10-19)4-6-21-14/h4,6,9,16H,3,5,7-8,10H2,1-2H3. The molecule has 1 amide bonds. The molecule has 3 heterocycles. The molecule has 2 aromatic heterocycles. The maximum atomic E-state index is 12.3. The van der Waals surface area contributed by atoms with Crippen LogP contribution in [0.2, 0.25) is 0 Å². The van der Waals surface area contributed by atoms with Gasteiger partial charge in [-0.2, -0.15) is 5.10 Å². The average molecular weight is 304 g/mol. The predicted molar refractivity (Wildman–Crippen MR) is 83.1 cm³/mol. The van der Waals surface area contributed by atoms with E-state index in [-0.39, 0.29) is 5.91 Å². The van der Waals surface area contributed by atoms with Crippen molar-refractivity contribution in [3.8, 4) is 0 Å². The number of rotatable bonds is 4. The van der Waals surface area contributed by atoms with Crippen LogP contribution in [0.3, 0.4) is 0 Å². The second kappa shape index (κ2) is 5.99. The number of carbonyl (C=O) groups is 1. The fraction of sp³-hybridized carbons (Fsp3) is 0.467. The number of carbonyl (C=O) groups excluding carboxylic acids is 1. The van der Waals surface area contributed by atoms with E-state index in [1.807, 2.05) is 25.1 Å². The number of aryl methyl sites for hydroxylation is 2. The smallest absolute Gasteiger partial charge is 0.236 e. The quantitative estimate of drug-likeness (QED) is 0.930. The predicted octanol–water partition coefficient (Wildman–Crippen LogP) is 1.46. The summed E-state index contributed by atoms with van der Waals surface area (Å²) in [6, 6.07) is 2.13. The van der Waals surface area contributed by atoms with Crippen LogP contribution in [0.25, 0.3) is 0 Å². The molecule has 0 aliphatic carbocycles. The van der Waals surface area contributed by atoms with Gasteiger partial charge in [-0.1, -0.05) is 0 Å². The highest BCUT2D eigenvalue weighted by Crippen LogP contribution is 2.23. The first kappa shape index (κ1) is 14.3. The van der Waals surface area contributed by atoms with E-state index in [0.29, 0.717) is 13.1 Å². The van der Waals surface area contributed by atoms with Gasteiger partial charge in [-0.05, 0) is 30.4 Å². The molecule has 0 bridgehead atoms. The summed E-state index contributed by atoms with van der Waals surface area (Å²) in [7, 11) is 1.91. The Morgan fingerprint density at radius 1 is 1.52 bits per heavy atom. The summed E-state index contributed by atoms with van der Waals surface area (Å²) in [6.45, 7) is 4.64. The number of nitrogens with one attached hydrogen (secondary N) is 1. The van der Waals surface area contributed by atoms with Gasteiger partial charge in [0.05, 0.1) is 12.2 Å². The summed E-state index contributed by atoms with van der Waals surface area (Å²) in [5, 5.41) is 9.64. The Hall–Kier alpha value is -1.66. The van der Waals surface area contributed by atoms with E-state index in [9.17, 15) is 4.79 Å². The van der Waals surface area contributed by atoms with Crippen molar-refractivity contribution in [2.45, 2.75) is 26.4 Å². The number of hydrogen-bond donors (Lipinski definition) is 1. The van der Waals surface area contributed by atoms with Crippen LogP contribution >= 0.6 is 11.3 Å². The van der Waals surface area contributed by atoms with Gasteiger partial charge < -0.3 is 10.2 Å². The van der Waals surface area contributed by atoms with Gasteiger partial charge in [-0.25, -0.2) is 0 Å². The van der Waals surface area contributed by atoms with Crippen molar-refractivity contribution in [3.05, 3.63) is 39.3 Å². The minimum Gasteiger partial charge on any atom is -0.337 e. The first-order chi connectivity index (χ1) is 10.1. The molecular formula is C15H20N4OS. The molecule has 5 nitrogen and oxygen atoms in total. The zero-order valence-corrected chi connectivity index (χ0v) is 13.2. The van der Waals surface area contributed by atoms with Gasteiger partial charge in [0, 0.05) is 43.3 Å². The van der Waals surface area contributed by atoms with E-state index in [4.69, 9.17) is 0 Å². The molecule has 0 unspecified atom stereocenters. The monoisotopic (exact) mass is 304 g/mol. The lowest BCUT2D eigenvalue weighted by atomic mass is 10.1. The van der Waals surface area contributed by atoms with Gasteiger partial charge in [0.1, 0.15) is 0 Å². The van der Waals surface area contributed by atoms with Gasteiger partial charge in [-0.3, -0.25) is 9.48 Å². The molecule has 0 saturated heterocycles. The van der Waals surface area contributed by atoms with Crippen LogP contribution < -0.4 is 5.32 Å². The maximum absolute atomic E-state index is 12.3. The molecule has 21 heavy (non-hydrogen) atoms. The molecule has 0 radical (unpaired) electrons. The minimum atomic E-state index is 0.174. The molecule has 3 rings (SSSR count). The van der Waals surface area contributed by atoms with Gasteiger partial charge in [-0.15, -0.1) is 11.3 Å². The molecule has 1 aliphatic rings. The van der Waals surface area contributed by atoms with Crippen LogP contribution in [0.15, 0.2) is 17.6 Å². The number of aromatic nitrogens is 2. The Bertz CT molecular complexity index is 646. The second-order valence-electron chi connectivity index (χ2n) is 5.45. The van der Waals surface area contributed by atoms with E-state index in [0.717, 1.165) is 30.8 Å². The first-order valence-corrected chi connectivity index (χ1v) is 8.04. The number of nitrogens with zero attached hydrogens (tertiary/aromatic N) is 3. The Labute approximate surface area is 128 Å². The van der Waals surface area contributed by atoms with Gasteiger partial charge in [0.15, 0.2) is 0 Å². The van der Waals surface area contributed by atoms with E-state index in [2.05, 4.69) is 21.9 Å². The van der Waals surface area contributed by atoms with Crippen molar-refractivity contribution in [2.75, 3.05) is 13.1 Å². The lowest BCUT2D eigenvalue weighted by Crippen LogP contribution is -2.40. The van der Waals surface area contributed by atoms with E-state index < -0.39 is 0 Å². The highest BCUT2D eigenvalue weighted by molar-refractivity contribution is 7.10. The molecule has 0 fully saturated rings. The average Bonchev–Trinajstić information content (AvgIpc) is 3.04. The molecule has 0 atom stereocenters. The van der Waals surface area contributed by atoms with Crippen LogP contribution in [0.5, 0.6) is 0 Å². The zero-order chi connectivity index (χ0) is 14.8. The first-order valence-electron chi connectivity index (χ1n) is 7.16. The third-order valence-corrected chi connectivity index (χ3v) is 4.89. The topological polar surface area (TPSA) is 50.2 Å². The van der Waals surface area contributed by atoms with Gasteiger partial charge >= 0.3 is 0 Å². The fourth-order valence-electron chi connectivity index (χ4n) is 2.70. The lowest BCUT2D eigenvalue weighted by molar-refractivity contribution is -0.131. The second-order valence-corrected chi connectivity index (χ2v) is 6.45. The fourth-order valence-corrected chi connectivity index (χ4v) is 3.59. The van der Waals surface area contributed by atoms with Crippen molar-refractivity contribution in [3.63, 3.8) is 0 Å². The molecule has 112 valence electrons. The minimum absolute atomic E-state index is 0.174. The highest BCUT2D eigenvalue weighted by atomic mass is 32.1. The van der Waals surface area contributed by atoms with Crippen molar-refractivity contribution >= 4 is 17.2 Å². The Balaban J connectivity index is 1.50. The summed E-state index contributed by atoms with van der Waals surface area (Å²) in [5.74, 6) is 0.174. The van der Waals surface area contributed by atoms with E-state index in [1.165, 1.54) is 10.4 Å². The summed E-state index contributed by atoms with van der Waals surface area (Å²) in [5.41, 5.74) is 3.46. The van der Waals surface area contributed by atoms with Crippen molar-refractivity contribution < 1.29 is 4.79 Å². The van der Waals surface area contributed by atoms with Crippen molar-refractivity contribution in [1.82, 2.24) is 20.0 Å². The highest BCUT2D eigenvalue weighted by Gasteiger charge is 2.20. The Morgan fingerprint density at radius 3 is 3.14 bits per heavy atom. The molecular weight excluding hydrogens is 284 g/mol. The Morgan fingerprint density at radius 2 is 2.38 bits per heavy atom. The molecule has 0 aromatic carbocycles. The van der Waals surface area contributed by atoms with Crippen LogP contribution in [0, 0.1) is 6.92 Å². The number of thiophene rings is 1. The molecule has 2 aromatic rings. The molecule has 0 spiro atoms. The number of hydrogen-bond acceptors (Lipinski definition) is 4. The Kier molecular flexibility index (Phi) is 4.07. The van der Waals surface area contributed by atoms with Crippen molar-refractivity contribution in [1.29, 1.82) is 0 Å². The van der Waals surface area contributed by atoms with E-state index >= 15 is 0 Å². The third kappa shape index (κ3) is 3.16. The molecule has 6 heteroatoms. The van der Waals surface area contributed by atoms with E-state index in [1.54, 1.807) is 16.0 Å². The molecule has 0 saturated carbocycles. The number of fused-ring (bicyclic) bond motifs is 1. The molecule has 1 aliphatic heterocycles. The van der Waals surface area contributed by atoms with Crippen molar-refractivity contribution in [2.24, 2.45) is 7.05 Å². The normalized spacial score (nSPS) is 14.3. The summed E-state index contributed by atoms with van der Waals surface area (Å²) >= 11 is 1.80. The van der Waals surface area contributed by atoms with Crippen LogP contribution in [-0.2, 0) is 31.4 Å². The maximum Gasteiger partial charge on any atom is 0.236 e. The summed E-state index contributed by atoms with van der Waals surface area (Å²) < 4.78 is 1.80. The van der Waals surface area contributed by atoms with Crippen LogP contribution in [0.1, 0.15) is 21.7 Å². The lowest BCUT2D eigenvalue weighted by Gasteiger charge is -2.27. The SMILES string of the molecule is Cc1nn(C)cc1CNCC(=O)N1CCc2sccc2C1. The number of amides is 1. The third-order valence-electron chi connectivity index (χ3n) is 3.87. The zero-order valence-electron chi connectivity index (χ0n) is 12.4. The van der Waals surface area contributed by atoms with Gasteiger partial charge in [0.2, 0.25) is 5.91 Å². The van der Waals surface area contributed by atoms with Crippen LogP contribution in [-0.4, -0.2) is 33.7 Å². The largest absolute Gasteiger partial charge is 0.337 e. The molecule has 1 N–H and O–H groups in total. The summed E-state index contributed by atoms with van der Waals surface area (Å²) in [6.07, 6.45) is 2.98. The summed E-state index contributed by atoms with van der Waals surface area (Å²) in [4.78, 5) is 15.6. The van der Waals surface area contributed by atoms with Gasteiger partial charge in [0.25, 0.3) is 0 Å². The van der Waals surface area contributed by atoms with Crippen LogP contribution in [0.4, 0.5) is 0 Å².